The summed E-state index contributed by atoms with van der Waals surface area (Å²) in [5.41, 5.74) is 4.41. The van der Waals surface area contributed by atoms with Gasteiger partial charge in [-0.2, -0.15) is 0 Å². The Morgan fingerprint density at radius 2 is 1.77 bits per heavy atom. The van der Waals surface area contributed by atoms with E-state index in [-0.39, 0.29) is 13.0 Å². The number of aliphatic hydroxyl groups is 1. The Kier molecular flexibility index (Phi) is 9.79. The van der Waals surface area contributed by atoms with E-state index in [1.807, 2.05) is 12.1 Å². The van der Waals surface area contributed by atoms with Gasteiger partial charge in [0.25, 0.3) is 5.91 Å². The van der Waals surface area contributed by atoms with Crippen LogP contribution in [-0.4, -0.2) is 34.9 Å². The van der Waals surface area contributed by atoms with E-state index in [0.717, 1.165) is 48.4 Å². The number of hydrogen-bond acceptors (Lipinski definition) is 5. The van der Waals surface area contributed by atoms with Crippen LogP contribution in [-0.2, 0) is 25.8 Å². The van der Waals surface area contributed by atoms with Crippen molar-refractivity contribution in [3.8, 4) is 0 Å². The second-order valence-electron chi connectivity index (χ2n) is 9.88. The zero-order valence-corrected chi connectivity index (χ0v) is 22.3. The molecule has 0 aliphatic carbocycles. The Morgan fingerprint density at radius 3 is 2.51 bits per heavy atom. The van der Waals surface area contributed by atoms with Crippen LogP contribution in [0.3, 0.4) is 0 Å². The van der Waals surface area contributed by atoms with E-state index in [4.69, 9.17) is 4.52 Å². The van der Waals surface area contributed by atoms with E-state index in [1.54, 1.807) is 18.2 Å². The molecule has 1 aromatic heterocycles. The lowest BCUT2D eigenvalue weighted by Crippen LogP contribution is -2.48. The minimum Gasteiger partial charge on any atom is -0.390 e. The highest BCUT2D eigenvalue weighted by Gasteiger charge is 2.24. The van der Waals surface area contributed by atoms with E-state index in [1.165, 1.54) is 17.7 Å². The fraction of sp³-hybridized carbons (Fsp3) is 0.355. The zero-order chi connectivity index (χ0) is 27.8. The maximum atomic E-state index is 13.9. The van der Waals surface area contributed by atoms with Crippen LogP contribution >= 0.6 is 0 Å². The Hall–Kier alpha value is -3.62. The molecule has 0 fully saturated rings. The van der Waals surface area contributed by atoms with Gasteiger partial charge < -0.3 is 20.3 Å². The molecule has 206 valence electrons. The van der Waals surface area contributed by atoms with Gasteiger partial charge in [0, 0.05) is 30.1 Å². The third-order valence-corrected chi connectivity index (χ3v) is 6.82. The van der Waals surface area contributed by atoms with Crippen molar-refractivity contribution in [3.05, 3.63) is 100 Å². The highest BCUT2D eigenvalue weighted by atomic mass is 19.1. The van der Waals surface area contributed by atoms with Gasteiger partial charge in [0.05, 0.1) is 17.8 Å². The van der Waals surface area contributed by atoms with Gasteiger partial charge in [0.1, 0.15) is 11.6 Å². The fourth-order valence-corrected chi connectivity index (χ4v) is 4.64. The smallest absolute Gasteiger partial charge is 0.251 e. The second-order valence-corrected chi connectivity index (χ2v) is 9.88. The summed E-state index contributed by atoms with van der Waals surface area (Å²) in [6, 6.07) is 15.6. The van der Waals surface area contributed by atoms with Gasteiger partial charge in [-0.1, -0.05) is 49.7 Å². The van der Waals surface area contributed by atoms with Crippen molar-refractivity contribution < 1.29 is 23.2 Å². The topological polar surface area (TPSA) is 87.4 Å². The van der Waals surface area contributed by atoms with Crippen LogP contribution in [0.25, 0.3) is 11.0 Å². The van der Waals surface area contributed by atoms with Crippen molar-refractivity contribution in [3.63, 3.8) is 0 Å². The molecule has 3 aromatic carbocycles. The van der Waals surface area contributed by atoms with Gasteiger partial charge in [-0.05, 0) is 72.7 Å². The zero-order valence-electron chi connectivity index (χ0n) is 22.3. The number of fused-ring (bicyclic) bond motifs is 1. The number of aromatic nitrogens is 1. The van der Waals surface area contributed by atoms with Crippen molar-refractivity contribution in [2.75, 3.05) is 6.54 Å². The molecule has 0 bridgehead atoms. The molecule has 3 N–H and O–H groups in total. The first-order chi connectivity index (χ1) is 18.9. The minimum atomic E-state index is -1.02. The van der Waals surface area contributed by atoms with Gasteiger partial charge in [-0.25, -0.2) is 8.78 Å². The maximum absolute atomic E-state index is 13.9. The lowest BCUT2D eigenvalue weighted by atomic mass is 9.99. The van der Waals surface area contributed by atoms with Gasteiger partial charge >= 0.3 is 0 Å². The van der Waals surface area contributed by atoms with Crippen molar-refractivity contribution >= 4 is 16.9 Å². The molecule has 4 rings (SSSR count). The maximum Gasteiger partial charge on any atom is 0.251 e. The second kappa shape index (κ2) is 13.4. The van der Waals surface area contributed by atoms with E-state index < -0.39 is 29.7 Å². The molecule has 2 atom stereocenters. The number of hydrogen-bond donors (Lipinski definition) is 3. The number of unbranched alkanes of at least 4 members (excludes halogenated alkanes) is 1. The fourth-order valence-electron chi connectivity index (χ4n) is 4.64. The highest BCUT2D eigenvalue weighted by molar-refractivity contribution is 5.98. The SMILES string of the molecule is CCCCc1noc2ccc(C(=O)N[C@@H](Cc3cc(F)cc(F)c3)[C@H](O)CNCc3cccc(CC)c3)cc12. The summed E-state index contributed by atoms with van der Waals surface area (Å²) in [7, 11) is 0. The van der Waals surface area contributed by atoms with E-state index in [2.05, 4.69) is 41.8 Å². The summed E-state index contributed by atoms with van der Waals surface area (Å²) in [4.78, 5) is 13.3. The standard InChI is InChI=1S/C31H35F2N3O3/c1-3-5-9-27-26-16-23(10-11-30(26)39-36-27)31(38)35-28(15-22-13-24(32)17-25(33)14-22)29(37)19-34-18-21-8-6-7-20(4-2)12-21/h6-8,10-14,16-17,28-29,34,37H,3-5,9,15,18-19H2,1-2H3,(H,35,38)/t28-,29+/m0/s1. The van der Waals surface area contributed by atoms with Crippen molar-refractivity contribution in [1.82, 2.24) is 15.8 Å². The molecule has 1 heterocycles. The number of amides is 1. The van der Waals surface area contributed by atoms with Crippen molar-refractivity contribution in [1.29, 1.82) is 0 Å². The number of benzene rings is 3. The molecule has 0 spiro atoms. The molecule has 0 unspecified atom stereocenters. The predicted octanol–water partition coefficient (Wildman–Crippen LogP) is 5.50. The van der Waals surface area contributed by atoms with Gasteiger partial charge in [-0.15, -0.1) is 0 Å². The first kappa shape index (κ1) is 28.4. The van der Waals surface area contributed by atoms with E-state index in [0.29, 0.717) is 23.3 Å². The average Bonchev–Trinajstić information content (AvgIpc) is 3.33. The molecule has 0 aliphatic heterocycles. The summed E-state index contributed by atoms with van der Waals surface area (Å²) in [6.07, 6.45) is 2.66. The number of rotatable bonds is 13. The Balaban J connectivity index is 1.50. The number of nitrogens with one attached hydrogen (secondary N) is 2. The summed E-state index contributed by atoms with van der Waals surface area (Å²) >= 11 is 0. The molecule has 0 saturated carbocycles. The molecule has 0 aliphatic rings. The largest absolute Gasteiger partial charge is 0.390 e. The van der Waals surface area contributed by atoms with Crippen molar-refractivity contribution in [2.24, 2.45) is 0 Å². The van der Waals surface area contributed by atoms with Gasteiger partial charge in [0.15, 0.2) is 5.58 Å². The van der Waals surface area contributed by atoms with Crippen molar-refractivity contribution in [2.45, 2.75) is 64.6 Å². The number of aliphatic hydroxyl groups excluding tert-OH is 1. The monoisotopic (exact) mass is 535 g/mol. The molecule has 8 heteroatoms. The quantitative estimate of drug-likeness (QED) is 0.210. The summed E-state index contributed by atoms with van der Waals surface area (Å²) in [5, 5.41) is 22.1. The summed E-state index contributed by atoms with van der Waals surface area (Å²) < 4.78 is 33.2. The Bertz CT molecular complexity index is 1380. The molecule has 1 amide bonds. The van der Waals surface area contributed by atoms with Crippen LogP contribution in [0.5, 0.6) is 0 Å². The number of carbonyl (C=O) groups excluding carboxylic acids is 1. The molecule has 39 heavy (non-hydrogen) atoms. The molecule has 0 radical (unpaired) electrons. The third-order valence-electron chi connectivity index (χ3n) is 6.82. The van der Waals surface area contributed by atoms with Crippen LogP contribution in [0.15, 0.2) is 65.2 Å². The number of halogens is 2. The molecular weight excluding hydrogens is 500 g/mol. The summed E-state index contributed by atoms with van der Waals surface area (Å²) in [6.45, 7) is 4.88. The molecule has 4 aromatic rings. The molecule has 0 saturated heterocycles. The van der Waals surface area contributed by atoms with Crippen LogP contribution in [0.4, 0.5) is 8.78 Å². The first-order valence-corrected chi connectivity index (χ1v) is 13.5. The van der Waals surface area contributed by atoms with Crippen LogP contribution in [0, 0.1) is 11.6 Å². The Morgan fingerprint density at radius 1 is 1.00 bits per heavy atom. The lowest BCUT2D eigenvalue weighted by Gasteiger charge is -2.25. The van der Waals surface area contributed by atoms with E-state index >= 15 is 0 Å². The number of nitrogens with zero attached hydrogens (tertiary/aromatic N) is 1. The van der Waals surface area contributed by atoms with Crippen LogP contribution in [0.2, 0.25) is 0 Å². The highest BCUT2D eigenvalue weighted by Crippen LogP contribution is 2.22. The van der Waals surface area contributed by atoms with E-state index in [9.17, 15) is 18.7 Å². The average molecular weight is 536 g/mol. The number of carbonyl (C=O) groups is 1. The summed E-state index contributed by atoms with van der Waals surface area (Å²) in [5.74, 6) is -1.83. The lowest BCUT2D eigenvalue weighted by molar-refractivity contribution is 0.0830. The van der Waals surface area contributed by atoms with Crippen LogP contribution < -0.4 is 10.6 Å². The first-order valence-electron chi connectivity index (χ1n) is 13.5. The molecule has 6 nitrogen and oxygen atoms in total. The van der Waals surface area contributed by atoms with Gasteiger partial charge in [0.2, 0.25) is 0 Å². The molecular formula is C31H35F2N3O3. The van der Waals surface area contributed by atoms with Crippen LogP contribution in [0.1, 0.15) is 59.4 Å². The Labute approximate surface area is 227 Å². The minimum absolute atomic E-state index is 0.0475. The number of aryl methyl sites for hydroxylation is 2. The predicted molar refractivity (Wildman–Crippen MR) is 147 cm³/mol. The normalized spacial score (nSPS) is 12.9. The third kappa shape index (κ3) is 7.71. The van der Waals surface area contributed by atoms with Gasteiger partial charge in [-0.3, -0.25) is 4.79 Å².